The van der Waals surface area contributed by atoms with E-state index >= 15 is 0 Å². The molecule has 1 fully saturated rings. The number of fused-ring (bicyclic) bond motifs is 1. The molecule has 4 rings (SSSR count). The molecule has 1 aromatic heterocycles. The summed E-state index contributed by atoms with van der Waals surface area (Å²) in [6.45, 7) is 2.52. The average Bonchev–Trinajstić information content (AvgIpc) is 3.11. The Morgan fingerprint density at radius 3 is 2.79 bits per heavy atom. The van der Waals surface area contributed by atoms with Crippen molar-refractivity contribution in [3.63, 3.8) is 0 Å². The average molecular weight is 399 g/mol. The lowest BCUT2D eigenvalue weighted by Gasteiger charge is -2.30. The van der Waals surface area contributed by atoms with Gasteiger partial charge in [0.1, 0.15) is 11.6 Å². The molecular formula is C21H23ClN4O2. The van der Waals surface area contributed by atoms with Gasteiger partial charge in [0.05, 0.1) is 29.7 Å². The minimum atomic E-state index is 0.00722. The Bertz CT molecular complexity index is 946. The molecule has 2 N–H and O–H groups in total. The molecule has 0 spiro atoms. The molecule has 0 radical (unpaired) electrons. The highest BCUT2D eigenvalue weighted by Gasteiger charge is 2.25. The summed E-state index contributed by atoms with van der Waals surface area (Å²) in [6, 6.07) is 13.3. The fraction of sp³-hybridized carbons (Fsp3) is 0.333. The molecule has 2 heterocycles. The number of rotatable bonds is 5. The summed E-state index contributed by atoms with van der Waals surface area (Å²) in [5, 5.41) is 3.46. The van der Waals surface area contributed by atoms with Crippen molar-refractivity contribution in [3.05, 3.63) is 53.3 Å². The fourth-order valence-corrected chi connectivity index (χ4v) is 3.89. The summed E-state index contributed by atoms with van der Waals surface area (Å²) in [6.07, 6.45) is 1.66. The Morgan fingerprint density at radius 2 is 2.07 bits per heavy atom. The highest BCUT2D eigenvalue weighted by molar-refractivity contribution is 6.32. The first-order chi connectivity index (χ1) is 13.6. The standard InChI is InChI=1S/C21H23ClN4O2/c1-28-19-7-6-15(12-16(19)22)23-21(27)14-8-10-26(11-9-14)13-20-24-17-4-2-3-5-18(17)25-20/h2-7,12,14H,8-11,13H2,1H3,(H,23,27)(H,24,25). The van der Waals surface area contributed by atoms with Crippen molar-refractivity contribution in [3.8, 4) is 5.75 Å². The van der Waals surface area contributed by atoms with Crippen LogP contribution in [0.2, 0.25) is 5.02 Å². The number of hydrogen-bond donors (Lipinski definition) is 2. The number of anilines is 1. The first kappa shape index (κ1) is 18.8. The molecular weight excluding hydrogens is 376 g/mol. The highest BCUT2D eigenvalue weighted by Crippen LogP contribution is 2.28. The maximum Gasteiger partial charge on any atom is 0.227 e. The van der Waals surface area contributed by atoms with Crippen molar-refractivity contribution < 1.29 is 9.53 Å². The van der Waals surface area contributed by atoms with Gasteiger partial charge < -0.3 is 15.0 Å². The van der Waals surface area contributed by atoms with Crippen LogP contribution in [-0.4, -0.2) is 41.0 Å². The van der Waals surface area contributed by atoms with Crippen molar-refractivity contribution in [1.82, 2.24) is 14.9 Å². The van der Waals surface area contributed by atoms with Gasteiger partial charge in [0.2, 0.25) is 5.91 Å². The molecule has 3 aromatic rings. The van der Waals surface area contributed by atoms with Crippen molar-refractivity contribution in [2.45, 2.75) is 19.4 Å². The summed E-state index contributed by atoms with van der Waals surface area (Å²) in [4.78, 5) is 22.9. The van der Waals surface area contributed by atoms with Crippen LogP contribution in [0.4, 0.5) is 5.69 Å². The second-order valence-corrected chi connectivity index (χ2v) is 7.50. The minimum Gasteiger partial charge on any atom is -0.495 e. The topological polar surface area (TPSA) is 70.2 Å². The number of piperidine rings is 1. The number of imidazole rings is 1. The number of benzene rings is 2. The Morgan fingerprint density at radius 1 is 1.29 bits per heavy atom. The molecule has 1 amide bonds. The first-order valence-corrected chi connectivity index (χ1v) is 9.80. The van der Waals surface area contributed by atoms with Gasteiger partial charge in [-0.2, -0.15) is 0 Å². The van der Waals surface area contributed by atoms with Gasteiger partial charge in [-0.25, -0.2) is 4.98 Å². The molecule has 1 saturated heterocycles. The number of likely N-dealkylation sites (tertiary alicyclic amines) is 1. The molecule has 1 aliphatic rings. The number of nitrogens with zero attached hydrogens (tertiary/aromatic N) is 2. The van der Waals surface area contributed by atoms with Crippen molar-refractivity contribution in [2.75, 3.05) is 25.5 Å². The number of nitrogens with one attached hydrogen (secondary N) is 2. The predicted molar refractivity (Wildman–Crippen MR) is 111 cm³/mol. The second kappa shape index (κ2) is 8.20. The van der Waals surface area contributed by atoms with Crippen LogP contribution in [0.1, 0.15) is 18.7 Å². The Labute approximate surface area is 168 Å². The summed E-state index contributed by atoms with van der Waals surface area (Å²) < 4.78 is 5.14. The number of methoxy groups -OCH3 is 1. The number of carbonyl (C=O) groups is 1. The molecule has 0 aliphatic carbocycles. The third kappa shape index (κ3) is 4.13. The predicted octanol–water partition coefficient (Wildman–Crippen LogP) is 4.08. The van der Waals surface area contributed by atoms with Gasteiger partial charge in [0.25, 0.3) is 0 Å². The molecule has 0 saturated carbocycles. The van der Waals surface area contributed by atoms with Crippen LogP contribution in [0.25, 0.3) is 11.0 Å². The van der Waals surface area contributed by atoms with E-state index in [2.05, 4.69) is 20.2 Å². The van der Waals surface area contributed by atoms with Crippen molar-refractivity contribution in [1.29, 1.82) is 0 Å². The van der Waals surface area contributed by atoms with Gasteiger partial charge in [0.15, 0.2) is 0 Å². The van der Waals surface area contributed by atoms with Gasteiger partial charge in [-0.15, -0.1) is 0 Å². The Balaban J connectivity index is 1.30. The lowest BCUT2D eigenvalue weighted by molar-refractivity contribution is -0.121. The Kier molecular flexibility index (Phi) is 5.50. The zero-order valence-corrected chi connectivity index (χ0v) is 16.5. The highest BCUT2D eigenvalue weighted by atomic mass is 35.5. The summed E-state index contributed by atoms with van der Waals surface area (Å²) >= 11 is 6.13. The van der Waals surface area contributed by atoms with E-state index < -0.39 is 0 Å². The van der Waals surface area contributed by atoms with E-state index in [-0.39, 0.29) is 11.8 Å². The number of carbonyl (C=O) groups excluding carboxylic acids is 1. The van der Waals surface area contributed by atoms with Crippen molar-refractivity contribution >= 4 is 34.2 Å². The zero-order valence-electron chi connectivity index (χ0n) is 15.7. The molecule has 7 heteroatoms. The lowest BCUT2D eigenvalue weighted by Crippen LogP contribution is -2.38. The normalized spacial score (nSPS) is 15.6. The number of hydrogen-bond acceptors (Lipinski definition) is 4. The maximum atomic E-state index is 12.6. The van der Waals surface area contributed by atoms with Crippen LogP contribution in [0, 0.1) is 5.92 Å². The van der Waals surface area contributed by atoms with E-state index in [9.17, 15) is 4.79 Å². The molecule has 6 nitrogen and oxygen atoms in total. The summed E-state index contributed by atoms with van der Waals surface area (Å²) in [5.41, 5.74) is 2.75. The van der Waals surface area contributed by atoms with Crippen LogP contribution in [0.5, 0.6) is 5.75 Å². The summed E-state index contributed by atoms with van der Waals surface area (Å²) in [7, 11) is 1.57. The minimum absolute atomic E-state index is 0.00722. The van der Waals surface area contributed by atoms with Crippen LogP contribution in [-0.2, 0) is 11.3 Å². The smallest absolute Gasteiger partial charge is 0.227 e. The molecule has 0 unspecified atom stereocenters. The molecule has 0 atom stereocenters. The first-order valence-electron chi connectivity index (χ1n) is 9.43. The number of aromatic amines is 1. The van der Waals surface area contributed by atoms with Gasteiger partial charge in [-0.3, -0.25) is 9.69 Å². The zero-order chi connectivity index (χ0) is 19.5. The SMILES string of the molecule is COc1ccc(NC(=O)C2CCN(Cc3nc4ccccc4[nH]3)CC2)cc1Cl. The Hall–Kier alpha value is -2.57. The second-order valence-electron chi connectivity index (χ2n) is 7.09. The van der Waals surface area contributed by atoms with E-state index in [1.54, 1.807) is 25.3 Å². The van der Waals surface area contributed by atoms with E-state index in [1.165, 1.54) is 0 Å². The number of ether oxygens (including phenoxy) is 1. The molecule has 0 bridgehead atoms. The van der Waals surface area contributed by atoms with Gasteiger partial charge in [0, 0.05) is 11.6 Å². The number of H-pyrrole nitrogens is 1. The van der Waals surface area contributed by atoms with Gasteiger partial charge in [-0.1, -0.05) is 23.7 Å². The molecule has 28 heavy (non-hydrogen) atoms. The number of aromatic nitrogens is 2. The van der Waals surface area contributed by atoms with Gasteiger partial charge in [-0.05, 0) is 56.3 Å². The molecule has 146 valence electrons. The van der Waals surface area contributed by atoms with Crippen LogP contribution >= 0.6 is 11.6 Å². The molecule has 1 aliphatic heterocycles. The maximum absolute atomic E-state index is 12.6. The lowest BCUT2D eigenvalue weighted by atomic mass is 9.96. The third-order valence-corrected chi connectivity index (χ3v) is 5.48. The van der Waals surface area contributed by atoms with E-state index in [0.29, 0.717) is 16.5 Å². The molecule has 2 aromatic carbocycles. The van der Waals surface area contributed by atoms with E-state index in [0.717, 1.165) is 49.3 Å². The fourth-order valence-electron chi connectivity index (χ4n) is 3.63. The van der Waals surface area contributed by atoms with E-state index in [1.807, 2.05) is 24.3 Å². The monoisotopic (exact) mass is 398 g/mol. The van der Waals surface area contributed by atoms with Gasteiger partial charge >= 0.3 is 0 Å². The van der Waals surface area contributed by atoms with Crippen molar-refractivity contribution in [2.24, 2.45) is 5.92 Å². The van der Waals surface area contributed by atoms with E-state index in [4.69, 9.17) is 16.3 Å². The number of halogens is 1. The summed E-state index contributed by atoms with van der Waals surface area (Å²) in [5.74, 6) is 1.62. The van der Waals surface area contributed by atoms with Crippen LogP contribution < -0.4 is 10.1 Å². The number of amides is 1. The number of para-hydroxylation sites is 2. The van der Waals surface area contributed by atoms with Crippen LogP contribution in [0.15, 0.2) is 42.5 Å². The quantitative estimate of drug-likeness (QED) is 0.679. The largest absolute Gasteiger partial charge is 0.495 e. The van der Waals surface area contributed by atoms with Crippen LogP contribution in [0.3, 0.4) is 0 Å². The third-order valence-electron chi connectivity index (χ3n) is 5.19.